The molecule has 0 aliphatic carbocycles. The lowest BCUT2D eigenvalue weighted by Crippen LogP contribution is -2.37. The Labute approximate surface area is 191 Å². The second-order valence-corrected chi connectivity index (χ2v) is 8.78. The summed E-state index contributed by atoms with van der Waals surface area (Å²) in [5.41, 5.74) is 1.65. The number of amides is 1. The van der Waals surface area contributed by atoms with E-state index in [1.165, 1.54) is 18.1 Å². The van der Waals surface area contributed by atoms with Crippen LogP contribution in [0, 0.1) is 6.92 Å². The predicted octanol–water partition coefficient (Wildman–Crippen LogP) is 3.70. The Kier molecular flexibility index (Phi) is 8.94. The first-order valence-corrected chi connectivity index (χ1v) is 11.5. The van der Waals surface area contributed by atoms with Crippen molar-refractivity contribution in [1.29, 1.82) is 0 Å². The third-order valence-corrected chi connectivity index (χ3v) is 5.83. The number of rotatable bonds is 10. The van der Waals surface area contributed by atoms with E-state index in [9.17, 15) is 9.90 Å². The van der Waals surface area contributed by atoms with Gasteiger partial charge in [0.1, 0.15) is 18.1 Å². The Balaban J connectivity index is 1.41. The second-order valence-electron chi connectivity index (χ2n) is 8.78. The number of nitrogens with one attached hydrogen (secondary N) is 1. The lowest BCUT2D eigenvalue weighted by atomic mass is 9.96. The SMILES string of the molecule is CC(=O)NCCCOc1ccc(CN2CCCC(O)(COc3ccc(C)cc3)CC2)cc1. The zero-order chi connectivity index (χ0) is 22.8. The van der Waals surface area contributed by atoms with Gasteiger partial charge >= 0.3 is 0 Å². The minimum absolute atomic E-state index is 0.0138. The first-order chi connectivity index (χ1) is 15.4. The van der Waals surface area contributed by atoms with Crippen LogP contribution in [0.15, 0.2) is 48.5 Å². The lowest BCUT2D eigenvalue weighted by molar-refractivity contribution is -0.118. The summed E-state index contributed by atoms with van der Waals surface area (Å²) in [7, 11) is 0. The van der Waals surface area contributed by atoms with Crippen LogP contribution in [0.2, 0.25) is 0 Å². The van der Waals surface area contributed by atoms with Crippen molar-refractivity contribution in [3.63, 3.8) is 0 Å². The maximum Gasteiger partial charge on any atom is 0.216 e. The monoisotopic (exact) mass is 440 g/mol. The quantitative estimate of drug-likeness (QED) is 0.552. The Morgan fingerprint density at radius 3 is 2.44 bits per heavy atom. The minimum atomic E-state index is -0.783. The van der Waals surface area contributed by atoms with E-state index in [1.807, 2.05) is 43.3 Å². The smallest absolute Gasteiger partial charge is 0.216 e. The van der Waals surface area contributed by atoms with Gasteiger partial charge in [-0.1, -0.05) is 29.8 Å². The molecular formula is C26H36N2O4. The van der Waals surface area contributed by atoms with Gasteiger partial charge in [0.15, 0.2) is 0 Å². The molecule has 1 aliphatic rings. The molecule has 0 aromatic heterocycles. The molecule has 174 valence electrons. The van der Waals surface area contributed by atoms with E-state index >= 15 is 0 Å². The fourth-order valence-electron chi connectivity index (χ4n) is 3.87. The number of aryl methyl sites for hydroxylation is 1. The van der Waals surface area contributed by atoms with Gasteiger partial charge in [-0.3, -0.25) is 9.69 Å². The molecule has 1 saturated heterocycles. The van der Waals surface area contributed by atoms with Crippen LogP contribution in [0.4, 0.5) is 0 Å². The van der Waals surface area contributed by atoms with Crippen molar-refractivity contribution < 1.29 is 19.4 Å². The number of ether oxygens (including phenoxy) is 2. The van der Waals surface area contributed by atoms with Crippen molar-refractivity contribution in [3.8, 4) is 11.5 Å². The highest BCUT2D eigenvalue weighted by atomic mass is 16.5. The molecule has 1 fully saturated rings. The molecule has 2 aromatic rings. The summed E-state index contributed by atoms with van der Waals surface area (Å²) in [5, 5.41) is 13.8. The summed E-state index contributed by atoms with van der Waals surface area (Å²) in [5.74, 6) is 1.64. The second kappa shape index (κ2) is 11.9. The molecule has 0 saturated carbocycles. The summed E-state index contributed by atoms with van der Waals surface area (Å²) in [6.45, 7) is 7.77. The number of carbonyl (C=O) groups is 1. The Morgan fingerprint density at radius 1 is 1.03 bits per heavy atom. The number of carbonyl (C=O) groups excluding carboxylic acids is 1. The minimum Gasteiger partial charge on any atom is -0.494 e. The van der Waals surface area contributed by atoms with Gasteiger partial charge in [0, 0.05) is 26.6 Å². The molecule has 1 aliphatic heterocycles. The lowest BCUT2D eigenvalue weighted by Gasteiger charge is -2.27. The van der Waals surface area contributed by atoms with Gasteiger partial charge in [0.25, 0.3) is 0 Å². The predicted molar refractivity (Wildman–Crippen MR) is 126 cm³/mol. The molecule has 1 unspecified atom stereocenters. The van der Waals surface area contributed by atoms with E-state index in [0.717, 1.165) is 50.4 Å². The summed E-state index contributed by atoms with van der Waals surface area (Å²) < 4.78 is 11.6. The largest absolute Gasteiger partial charge is 0.494 e. The molecular weight excluding hydrogens is 404 g/mol. The van der Waals surface area contributed by atoms with Crippen molar-refractivity contribution in [3.05, 3.63) is 59.7 Å². The third kappa shape index (κ3) is 8.17. The van der Waals surface area contributed by atoms with Crippen LogP contribution in [0.25, 0.3) is 0 Å². The van der Waals surface area contributed by atoms with Gasteiger partial charge in [-0.2, -0.15) is 0 Å². The van der Waals surface area contributed by atoms with Crippen LogP contribution >= 0.6 is 0 Å². The average Bonchev–Trinajstić information content (AvgIpc) is 2.96. The molecule has 3 rings (SSSR count). The molecule has 2 aromatic carbocycles. The normalized spacial score (nSPS) is 19.2. The Morgan fingerprint density at radius 2 is 1.72 bits per heavy atom. The Hall–Kier alpha value is -2.57. The fraction of sp³-hybridized carbons (Fsp3) is 0.500. The molecule has 0 bridgehead atoms. The van der Waals surface area contributed by atoms with Crippen LogP contribution < -0.4 is 14.8 Å². The van der Waals surface area contributed by atoms with Gasteiger partial charge in [-0.15, -0.1) is 0 Å². The van der Waals surface area contributed by atoms with E-state index < -0.39 is 5.60 Å². The van der Waals surface area contributed by atoms with Gasteiger partial charge in [0.2, 0.25) is 5.91 Å². The number of likely N-dealkylation sites (tertiary alicyclic amines) is 1. The standard InChI is InChI=1S/C26H36N2O4/c1-21-5-9-25(10-6-21)32-20-26(30)13-3-16-28(17-14-26)19-23-7-11-24(12-8-23)31-18-4-15-27-22(2)29/h5-12,30H,3-4,13-20H2,1-2H3,(H,27,29). The van der Waals surface area contributed by atoms with Crippen molar-refractivity contribution in [2.24, 2.45) is 0 Å². The van der Waals surface area contributed by atoms with Crippen LogP contribution in [0.5, 0.6) is 11.5 Å². The summed E-state index contributed by atoms with van der Waals surface area (Å²) in [4.78, 5) is 13.3. The first-order valence-electron chi connectivity index (χ1n) is 11.5. The highest BCUT2D eigenvalue weighted by Gasteiger charge is 2.31. The van der Waals surface area contributed by atoms with E-state index in [-0.39, 0.29) is 5.91 Å². The van der Waals surface area contributed by atoms with E-state index in [1.54, 1.807) is 0 Å². The molecule has 32 heavy (non-hydrogen) atoms. The van der Waals surface area contributed by atoms with Crippen LogP contribution in [0.3, 0.4) is 0 Å². The van der Waals surface area contributed by atoms with E-state index in [2.05, 4.69) is 22.3 Å². The zero-order valence-electron chi connectivity index (χ0n) is 19.3. The molecule has 0 spiro atoms. The van der Waals surface area contributed by atoms with Crippen molar-refractivity contribution in [2.75, 3.05) is 32.8 Å². The molecule has 0 radical (unpaired) electrons. The van der Waals surface area contributed by atoms with Gasteiger partial charge < -0.3 is 19.9 Å². The summed E-state index contributed by atoms with van der Waals surface area (Å²) >= 11 is 0. The maximum atomic E-state index is 11.0. The van der Waals surface area contributed by atoms with Crippen molar-refractivity contribution in [1.82, 2.24) is 10.2 Å². The highest BCUT2D eigenvalue weighted by Crippen LogP contribution is 2.25. The van der Waals surface area contributed by atoms with Crippen molar-refractivity contribution in [2.45, 2.75) is 51.7 Å². The number of nitrogens with zero attached hydrogens (tertiary/aromatic N) is 1. The summed E-state index contributed by atoms with van der Waals surface area (Å²) in [6.07, 6.45) is 3.18. The molecule has 1 amide bonds. The Bertz CT molecular complexity index is 838. The molecule has 1 heterocycles. The number of hydrogen-bond acceptors (Lipinski definition) is 5. The maximum absolute atomic E-state index is 11.0. The summed E-state index contributed by atoms with van der Waals surface area (Å²) in [6, 6.07) is 16.2. The van der Waals surface area contributed by atoms with Crippen LogP contribution in [-0.4, -0.2) is 54.4 Å². The highest BCUT2D eigenvalue weighted by molar-refractivity contribution is 5.72. The fourth-order valence-corrected chi connectivity index (χ4v) is 3.87. The van der Waals surface area contributed by atoms with Crippen LogP contribution in [0.1, 0.15) is 43.7 Å². The zero-order valence-corrected chi connectivity index (χ0v) is 19.3. The number of hydrogen-bond donors (Lipinski definition) is 2. The topological polar surface area (TPSA) is 71.0 Å². The van der Waals surface area contributed by atoms with Gasteiger partial charge in [-0.25, -0.2) is 0 Å². The van der Waals surface area contributed by atoms with Crippen LogP contribution in [-0.2, 0) is 11.3 Å². The molecule has 6 nitrogen and oxygen atoms in total. The van der Waals surface area contributed by atoms with E-state index in [4.69, 9.17) is 9.47 Å². The third-order valence-electron chi connectivity index (χ3n) is 5.83. The number of aliphatic hydroxyl groups is 1. The molecule has 2 N–H and O–H groups in total. The van der Waals surface area contributed by atoms with Crippen molar-refractivity contribution >= 4 is 5.91 Å². The number of benzene rings is 2. The van der Waals surface area contributed by atoms with E-state index in [0.29, 0.717) is 26.2 Å². The first kappa shape index (κ1) is 24.1. The van der Waals surface area contributed by atoms with Gasteiger partial charge in [0.05, 0.1) is 12.2 Å². The molecule has 1 atom stereocenters. The van der Waals surface area contributed by atoms with Gasteiger partial charge in [-0.05, 0) is 69.0 Å². The molecule has 6 heteroatoms. The average molecular weight is 441 g/mol.